The van der Waals surface area contributed by atoms with Gasteiger partial charge >= 0.3 is 0 Å². The molecule has 8 nitrogen and oxygen atoms in total. The van der Waals surface area contributed by atoms with Gasteiger partial charge in [-0.1, -0.05) is 47.6 Å². The molecule has 1 aliphatic heterocycles. The van der Waals surface area contributed by atoms with E-state index in [1.165, 1.54) is 11.3 Å². The van der Waals surface area contributed by atoms with Gasteiger partial charge < -0.3 is 13.8 Å². The average Bonchev–Trinajstić information content (AvgIpc) is 3.60. The monoisotopic (exact) mass is 540 g/mol. The van der Waals surface area contributed by atoms with Crippen molar-refractivity contribution in [3.63, 3.8) is 0 Å². The Morgan fingerprint density at radius 1 is 1.00 bits per heavy atom. The molecule has 0 fully saturated rings. The number of fused-ring (bicyclic) bond motifs is 1. The van der Waals surface area contributed by atoms with Gasteiger partial charge in [-0.3, -0.25) is 0 Å². The van der Waals surface area contributed by atoms with E-state index in [4.69, 9.17) is 8.94 Å². The summed E-state index contributed by atoms with van der Waals surface area (Å²) in [6.45, 7) is 5.05. The number of sulfonamides is 1. The average molecular weight is 541 g/mol. The van der Waals surface area contributed by atoms with Crippen LogP contribution in [0.15, 0.2) is 93.0 Å². The Balaban J connectivity index is 1.45. The summed E-state index contributed by atoms with van der Waals surface area (Å²) >= 11 is 0. The smallest absolute Gasteiger partial charge is 0.264 e. The van der Waals surface area contributed by atoms with Gasteiger partial charge in [-0.05, 0) is 67.6 Å². The summed E-state index contributed by atoms with van der Waals surface area (Å²) < 4.78 is 40.7. The lowest BCUT2D eigenvalue weighted by atomic mass is 9.95. The van der Waals surface area contributed by atoms with Gasteiger partial charge in [0.05, 0.1) is 16.8 Å². The molecule has 1 aliphatic rings. The first-order valence-corrected chi connectivity index (χ1v) is 14.3. The summed E-state index contributed by atoms with van der Waals surface area (Å²) in [6.07, 6.45) is 5.26. The zero-order valence-corrected chi connectivity index (χ0v) is 22.5. The minimum Gasteiger partial charge on any atom is -0.445 e. The minimum absolute atomic E-state index is 0.117. The molecule has 0 saturated carbocycles. The second-order valence-electron chi connectivity index (χ2n) is 9.69. The fourth-order valence-electron chi connectivity index (χ4n) is 5.08. The molecule has 6 rings (SSSR count). The van der Waals surface area contributed by atoms with Crippen LogP contribution in [0.4, 0.5) is 11.6 Å². The van der Waals surface area contributed by atoms with Gasteiger partial charge in [0.25, 0.3) is 10.0 Å². The lowest BCUT2D eigenvalue weighted by molar-refractivity contribution is 0.430. The van der Waals surface area contributed by atoms with E-state index in [1.807, 2.05) is 30.3 Å². The van der Waals surface area contributed by atoms with Crippen LogP contribution in [-0.2, 0) is 23.0 Å². The highest BCUT2D eigenvalue weighted by Crippen LogP contribution is 2.36. The van der Waals surface area contributed by atoms with Crippen molar-refractivity contribution >= 4 is 21.6 Å². The molecule has 0 unspecified atom stereocenters. The van der Waals surface area contributed by atoms with Crippen molar-refractivity contribution in [1.29, 1.82) is 0 Å². The molecule has 0 aliphatic carbocycles. The number of aromatic nitrogens is 2. The molecule has 5 aromatic rings. The van der Waals surface area contributed by atoms with Crippen LogP contribution in [0.2, 0.25) is 0 Å². The van der Waals surface area contributed by atoms with Crippen molar-refractivity contribution in [2.45, 2.75) is 38.1 Å². The van der Waals surface area contributed by atoms with Gasteiger partial charge in [0.15, 0.2) is 0 Å². The van der Waals surface area contributed by atoms with Gasteiger partial charge in [0, 0.05) is 35.5 Å². The zero-order valence-electron chi connectivity index (χ0n) is 21.7. The molecule has 39 heavy (non-hydrogen) atoms. The van der Waals surface area contributed by atoms with E-state index in [2.05, 4.69) is 44.0 Å². The van der Waals surface area contributed by atoms with Crippen molar-refractivity contribution < 1.29 is 17.4 Å². The Bertz CT molecular complexity index is 1740. The maximum atomic E-state index is 13.6. The topological polar surface area (TPSA) is 101 Å². The van der Waals surface area contributed by atoms with Crippen LogP contribution < -0.4 is 9.62 Å². The Hall–Kier alpha value is -4.37. The van der Waals surface area contributed by atoms with Gasteiger partial charge in [-0.15, -0.1) is 0 Å². The number of nitrogens with one attached hydrogen (secondary N) is 1. The summed E-state index contributed by atoms with van der Waals surface area (Å²) in [5.41, 5.74) is 7.02. The van der Waals surface area contributed by atoms with Crippen LogP contribution in [0.25, 0.3) is 22.6 Å². The normalized spacial score (nSPS) is 13.3. The number of nitrogens with zero attached hydrogens (tertiary/aromatic N) is 3. The lowest BCUT2D eigenvalue weighted by Gasteiger charge is -2.32. The second kappa shape index (κ2) is 10.1. The Labute approximate surface area is 227 Å². The quantitative estimate of drug-likeness (QED) is 0.256. The lowest BCUT2D eigenvalue weighted by Crippen LogP contribution is -2.29. The number of aryl methyl sites for hydroxylation is 2. The van der Waals surface area contributed by atoms with E-state index < -0.39 is 10.0 Å². The molecule has 0 bridgehead atoms. The molecule has 0 atom stereocenters. The van der Waals surface area contributed by atoms with Gasteiger partial charge in [-0.2, -0.15) is 0 Å². The molecule has 2 aromatic heterocycles. The predicted molar refractivity (Wildman–Crippen MR) is 150 cm³/mol. The summed E-state index contributed by atoms with van der Waals surface area (Å²) in [5.74, 6) is 0.632. The van der Waals surface area contributed by atoms with Crippen LogP contribution in [-0.4, -0.2) is 25.1 Å². The van der Waals surface area contributed by atoms with Crippen LogP contribution in [0.3, 0.4) is 0 Å². The van der Waals surface area contributed by atoms with Gasteiger partial charge in [0.1, 0.15) is 6.26 Å². The van der Waals surface area contributed by atoms with Crippen molar-refractivity contribution in [3.05, 3.63) is 102 Å². The maximum absolute atomic E-state index is 13.6. The van der Waals surface area contributed by atoms with Crippen LogP contribution in [0, 0.1) is 13.8 Å². The molecular weight excluding hydrogens is 512 g/mol. The van der Waals surface area contributed by atoms with Crippen molar-refractivity contribution in [2.75, 3.05) is 16.2 Å². The largest absolute Gasteiger partial charge is 0.445 e. The van der Waals surface area contributed by atoms with Gasteiger partial charge in [-0.25, -0.2) is 18.1 Å². The third-order valence-electron chi connectivity index (χ3n) is 7.20. The molecule has 0 spiro atoms. The number of hydrogen-bond donors (Lipinski definition) is 1. The number of oxazole rings is 1. The van der Waals surface area contributed by atoms with Gasteiger partial charge in [0.2, 0.25) is 11.8 Å². The van der Waals surface area contributed by atoms with E-state index in [0.29, 0.717) is 29.3 Å². The Kier molecular flexibility index (Phi) is 6.44. The summed E-state index contributed by atoms with van der Waals surface area (Å²) in [6, 6.07) is 21.4. The third kappa shape index (κ3) is 4.81. The SMILES string of the molecule is Cc1noc(NS(=O)(=O)c2ccccc2-c2ccc(-c3ncco3)cc2CN2CCCc3ccccc32)c1C. The Morgan fingerprint density at radius 3 is 2.62 bits per heavy atom. The van der Waals surface area contributed by atoms with Crippen LogP contribution in [0.1, 0.15) is 28.8 Å². The fourth-order valence-corrected chi connectivity index (χ4v) is 6.35. The van der Waals surface area contributed by atoms with Crippen LogP contribution >= 0.6 is 0 Å². The minimum atomic E-state index is -3.98. The zero-order chi connectivity index (χ0) is 27.0. The molecular formula is C30H28N4O4S. The summed E-state index contributed by atoms with van der Waals surface area (Å²) in [4.78, 5) is 6.83. The number of benzene rings is 3. The van der Waals surface area contributed by atoms with E-state index >= 15 is 0 Å². The van der Waals surface area contributed by atoms with E-state index in [0.717, 1.165) is 36.1 Å². The number of para-hydroxylation sites is 1. The molecule has 0 amide bonds. The standard InChI is InChI=1S/C30H28N4O4S/c1-20-21(2)32-38-29(20)33-39(35,36)28-12-6-4-10-26(28)25-14-13-23(30-31-15-17-37-30)18-24(25)19-34-16-7-9-22-8-3-5-11-27(22)34/h3-6,8,10-15,17-18,33H,7,9,16,19H2,1-2H3. The Morgan fingerprint density at radius 2 is 1.82 bits per heavy atom. The van der Waals surface area contributed by atoms with E-state index in [-0.39, 0.29) is 10.8 Å². The molecule has 1 N–H and O–H groups in total. The highest BCUT2D eigenvalue weighted by atomic mass is 32.2. The molecule has 0 radical (unpaired) electrons. The maximum Gasteiger partial charge on any atom is 0.264 e. The first kappa shape index (κ1) is 24.9. The molecule has 3 heterocycles. The number of anilines is 2. The highest BCUT2D eigenvalue weighted by Gasteiger charge is 2.25. The molecule has 3 aromatic carbocycles. The van der Waals surface area contributed by atoms with Crippen LogP contribution in [0.5, 0.6) is 0 Å². The third-order valence-corrected chi connectivity index (χ3v) is 8.59. The first-order chi connectivity index (χ1) is 18.9. The van der Waals surface area contributed by atoms with E-state index in [1.54, 1.807) is 38.4 Å². The highest BCUT2D eigenvalue weighted by molar-refractivity contribution is 7.92. The fraction of sp³-hybridized carbons (Fsp3) is 0.200. The van der Waals surface area contributed by atoms with E-state index in [9.17, 15) is 8.42 Å². The summed E-state index contributed by atoms with van der Waals surface area (Å²) in [5, 5.41) is 3.88. The molecule has 198 valence electrons. The van der Waals surface area contributed by atoms with Crippen molar-refractivity contribution in [3.8, 4) is 22.6 Å². The molecule has 0 saturated heterocycles. The predicted octanol–water partition coefficient (Wildman–Crippen LogP) is 6.37. The number of rotatable bonds is 7. The first-order valence-electron chi connectivity index (χ1n) is 12.8. The second-order valence-corrected chi connectivity index (χ2v) is 11.3. The van der Waals surface area contributed by atoms with Crippen molar-refractivity contribution in [2.24, 2.45) is 0 Å². The molecule has 9 heteroatoms. The number of hydrogen-bond acceptors (Lipinski definition) is 7. The summed E-state index contributed by atoms with van der Waals surface area (Å²) in [7, 11) is -3.98. The van der Waals surface area contributed by atoms with Crippen molar-refractivity contribution in [1.82, 2.24) is 10.1 Å².